The van der Waals surface area contributed by atoms with Crippen molar-refractivity contribution in [3.8, 4) is 5.75 Å². The first kappa shape index (κ1) is 21.3. The van der Waals surface area contributed by atoms with Crippen LogP contribution >= 0.6 is 0 Å². The van der Waals surface area contributed by atoms with Crippen molar-refractivity contribution in [3.05, 3.63) is 59.2 Å². The van der Waals surface area contributed by atoms with Crippen molar-refractivity contribution in [2.45, 2.75) is 38.0 Å². The molecule has 0 amide bonds. The summed E-state index contributed by atoms with van der Waals surface area (Å²) in [6, 6.07) is 11.6. The topological polar surface area (TPSA) is 97.6 Å². The lowest BCUT2D eigenvalue weighted by Gasteiger charge is -2.17. The average molecular weight is 443 g/mol. The molecule has 0 aliphatic carbocycles. The summed E-state index contributed by atoms with van der Waals surface area (Å²) in [5.41, 5.74) is 4.00. The monoisotopic (exact) mass is 442 g/mol. The molecular formula is C22H26N4O4S. The molecule has 1 aliphatic heterocycles. The number of anilines is 2. The summed E-state index contributed by atoms with van der Waals surface area (Å²) in [6.07, 6.45) is 0.709. The highest BCUT2D eigenvalue weighted by molar-refractivity contribution is 7.89. The molecule has 8 nitrogen and oxygen atoms in total. The molecule has 2 aromatic heterocycles. The van der Waals surface area contributed by atoms with E-state index >= 15 is 0 Å². The number of aromatic nitrogens is 2. The Morgan fingerprint density at radius 3 is 2.52 bits per heavy atom. The second kappa shape index (κ2) is 8.32. The van der Waals surface area contributed by atoms with Crippen LogP contribution in [0.5, 0.6) is 5.75 Å². The van der Waals surface area contributed by atoms with Crippen molar-refractivity contribution < 1.29 is 17.7 Å². The number of pyridine rings is 1. The second-order valence-corrected chi connectivity index (χ2v) is 9.65. The maximum atomic E-state index is 13.1. The van der Waals surface area contributed by atoms with E-state index in [1.807, 2.05) is 43.3 Å². The fourth-order valence-electron chi connectivity index (χ4n) is 3.98. The normalized spacial score (nSPS) is 17.1. The van der Waals surface area contributed by atoms with Crippen molar-refractivity contribution in [2.24, 2.45) is 0 Å². The first-order chi connectivity index (χ1) is 14.8. The van der Waals surface area contributed by atoms with E-state index < -0.39 is 10.0 Å². The molecule has 0 bridgehead atoms. The van der Waals surface area contributed by atoms with Gasteiger partial charge in [-0.3, -0.25) is 4.98 Å². The predicted molar refractivity (Wildman–Crippen MR) is 117 cm³/mol. The molecule has 3 heterocycles. The van der Waals surface area contributed by atoms with E-state index in [-0.39, 0.29) is 10.8 Å². The molecule has 3 aromatic rings. The summed E-state index contributed by atoms with van der Waals surface area (Å²) in [6.45, 7) is 6.03. The van der Waals surface area contributed by atoms with Crippen LogP contribution in [0.4, 0.5) is 11.4 Å². The molecule has 9 heteroatoms. The van der Waals surface area contributed by atoms with E-state index in [9.17, 15) is 8.42 Å². The highest BCUT2D eigenvalue weighted by Gasteiger charge is 2.37. The van der Waals surface area contributed by atoms with Gasteiger partial charge in [0.05, 0.1) is 7.11 Å². The quantitative estimate of drug-likeness (QED) is 0.618. The molecule has 1 fully saturated rings. The number of sulfonamides is 1. The molecule has 0 unspecified atom stereocenters. The van der Waals surface area contributed by atoms with E-state index in [2.05, 4.69) is 15.5 Å². The van der Waals surface area contributed by atoms with Gasteiger partial charge in [0.2, 0.25) is 10.0 Å². The van der Waals surface area contributed by atoms with Crippen molar-refractivity contribution in [2.75, 3.05) is 25.5 Å². The Balaban J connectivity index is 1.54. The average Bonchev–Trinajstić information content (AvgIpc) is 3.36. The minimum atomic E-state index is -3.65. The van der Waals surface area contributed by atoms with Crippen LogP contribution in [0.25, 0.3) is 0 Å². The Morgan fingerprint density at radius 1 is 1.13 bits per heavy atom. The highest BCUT2D eigenvalue weighted by atomic mass is 32.2. The van der Waals surface area contributed by atoms with Gasteiger partial charge >= 0.3 is 0 Å². The van der Waals surface area contributed by atoms with Gasteiger partial charge in [-0.05, 0) is 63.6 Å². The molecular weight excluding hydrogens is 416 g/mol. The third kappa shape index (κ3) is 4.28. The second-order valence-electron chi connectivity index (χ2n) is 7.78. The van der Waals surface area contributed by atoms with Gasteiger partial charge in [-0.2, -0.15) is 4.31 Å². The number of hydrogen-bond acceptors (Lipinski definition) is 7. The largest absolute Gasteiger partial charge is 0.497 e. The maximum absolute atomic E-state index is 13.1. The number of aryl methyl sites for hydroxylation is 3. The summed E-state index contributed by atoms with van der Waals surface area (Å²) in [4.78, 5) is 4.86. The number of nitrogens with one attached hydrogen (secondary N) is 1. The van der Waals surface area contributed by atoms with Gasteiger partial charge in [-0.25, -0.2) is 8.42 Å². The lowest BCUT2D eigenvalue weighted by molar-refractivity contribution is 0.389. The lowest BCUT2D eigenvalue weighted by atomic mass is 10.0. The zero-order chi connectivity index (χ0) is 22.2. The third-order valence-corrected chi connectivity index (χ3v) is 7.60. The summed E-state index contributed by atoms with van der Waals surface area (Å²) in [7, 11) is -2.01. The molecule has 4 rings (SSSR count). The van der Waals surface area contributed by atoms with Gasteiger partial charge in [0, 0.05) is 41.8 Å². The number of benzene rings is 1. The van der Waals surface area contributed by atoms with Crippen LogP contribution in [0, 0.1) is 20.8 Å². The Hall–Kier alpha value is -2.91. The van der Waals surface area contributed by atoms with Crippen LogP contribution in [0.15, 0.2) is 45.8 Å². The molecule has 1 saturated heterocycles. The molecule has 0 radical (unpaired) electrons. The smallest absolute Gasteiger partial charge is 0.248 e. The molecule has 31 heavy (non-hydrogen) atoms. The molecule has 1 N–H and O–H groups in total. The SMILES string of the molecule is COc1ccc(Nc2cc(C)nc([C@H]3CCN(S(=O)(=O)c4c(C)noc4C)C3)c2)cc1. The van der Waals surface area contributed by atoms with Crippen molar-refractivity contribution >= 4 is 21.4 Å². The Morgan fingerprint density at radius 2 is 1.87 bits per heavy atom. The Bertz CT molecular complexity index is 1170. The number of rotatable bonds is 6. The van der Waals surface area contributed by atoms with Gasteiger partial charge in [-0.1, -0.05) is 5.16 Å². The van der Waals surface area contributed by atoms with E-state index in [4.69, 9.17) is 9.26 Å². The summed E-state index contributed by atoms with van der Waals surface area (Å²) < 4.78 is 38.0. The van der Waals surface area contributed by atoms with Gasteiger partial charge in [0.25, 0.3) is 0 Å². The molecule has 0 saturated carbocycles. The maximum Gasteiger partial charge on any atom is 0.248 e. The van der Waals surface area contributed by atoms with E-state index in [1.165, 1.54) is 4.31 Å². The van der Waals surface area contributed by atoms with Gasteiger partial charge < -0.3 is 14.6 Å². The zero-order valence-electron chi connectivity index (χ0n) is 18.0. The zero-order valence-corrected chi connectivity index (χ0v) is 18.9. The van der Waals surface area contributed by atoms with Crippen molar-refractivity contribution in [1.82, 2.24) is 14.4 Å². The summed E-state index contributed by atoms with van der Waals surface area (Å²) in [5.74, 6) is 1.13. The van der Waals surface area contributed by atoms with Crippen LogP contribution in [0.2, 0.25) is 0 Å². The number of nitrogens with zero attached hydrogens (tertiary/aromatic N) is 3. The van der Waals surface area contributed by atoms with Crippen LogP contribution in [-0.2, 0) is 10.0 Å². The fraction of sp³-hybridized carbons (Fsp3) is 0.364. The summed E-state index contributed by atoms with van der Waals surface area (Å²) >= 11 is 0. The van der Waals surface area contributed by atoms with Gasteiger partial charge in [-0.15, -0.1) is 0 Å². The van der Waals surface area contributed by atoms with Crippen molar-refractivity contribution in [1.29, 1.82) is 0 Å². The van der Waals surface area contributed by atoms with Gasteiger partial charge in [0.15, 0.2) is 5.76 Å². The summed E-state index contributed by atoms with van der Waals surface area (Å²) in [5, 5.41) is 7.19. The molecule has 1 atom stereocenters. The predicted octanol–water partition coefficient (Wildman–Crippen LogP) is 3.93. The minimum Gasteiger partial charge on any atom is -0.497 e. The number of ether oxygens (including phenoxy) is 1. The van der Waals surface area contributed by atoms with Crippen LogP contribution in [0.3, 0.4) is 0 Å². The fourth-order valence-corrected chi connectivity index (χ4v) is 5.77. The van der Waals surface area contributed by atoms with E-state index in [1.54, 1.807) is 21.0 Å². The molecule has 1 aliphatic rings. The van der Waals surface area contributed by atoms with Crippen LogP contribution in [0.1, 0.15) is 35.2 Å². The van der Waals surface area contributed by atoms with Crippen molar-refractivity contribution in [3.63, 3.8) is 0 Å². The molecule has 1 aromatic carbocycles. The Kier molecular flexibility index (Phi) is 5.72. The lowest BCUT2D eigenvalue weighted by Crippen LogP contribution is -2.29. The van der Waals surface area contributed by atoms with Crippen LogP contribution < -0.4 is 10.1 Å². The van der Waals surface area contributed by atoms with E-state index in [0.29, 0.717) is 31.0 Å². The van der Waals surface area contributed by atoms with Crippen LogP contribution in [-0.4, -0.2) is 43.1 Å². The first-order valence-corrected chi connectivity index (χ1v) is 11.5. The van der Waals surface area contributed by atoms with E-state index in [0.717, 1.165) is 28.5 Å². The minimum absolute atomic E-state index is 0.0200. The third-order valence-electron chi connectivity index (χ3n) is 5.49. The standard InChI is InChI=1S/C22H26N4O4S/c1-14-11-19(24-18-5-7-20(29-4)8-6-18)12-21(23-14)17-9-10-26(13-17)31(27,28)22-15(2)25-30-16(22)3/h5-8,11-12,17H,9-10,13H2,1-4H3,(H,23,24)/t17-/m0/s1. The first-order valence-electron chi connectivity index (χ1n) is 10.1. The highest BCUT2D eigenvalue weighted by Crippen LogP contribution is 2.33. The molecule has 0 spiro atoms. The number of hydrogen-bond donors (Lipinski definition) is 1. The molecule has 164 valence electrons. The van der Waals surface area contributed by atoms with Gasteiger partial charge in [0.1, 0.15) is 16.3 Å². The Labute approximate surface area is 182 Å². The number of methoxy groups -OCH3 is 1.